The van der Waals surface area contributed by atoms with Crippen LogP contribution in [0.15, 0.2) is 23.8 Å². The smallest absolute Gasteiger partial charge is 0.186 e. The number of ether oxygens (including phenoxy) is 5. The predicted octanol–water partition coefficient (Wildman–Crippen LogP) is 4.75. The zero-order chi connectivity index (χ0) is 34.3. The van der Waals surface area contributed by atoms with Crippen LogP contribution in [0.3, 0.4) is 0 Å². The molecule has 3 saturated carbocycles. The summed E-state index contributed by atoms with van der Waals surface area (Å²) < 4.78 is 31.7. The molecule has 0 aromatic carbocycles. The normalized spacial score (nSPS) is 51.1. The van der Waals surface area contributed by atoms with E-state index in [1.165, 1.54) is 18.4 Å². The van der Waals surface area contributed by atoms with Crippen molar-refractivity contribution in [1.29, 1.82) is 0 Å². The van der Waals surface area contributed by atoms with Crippen LogP contribution in [-0.4, -0.2) is 96.1 Å². The number of hydrogen-bond acceptors (Lipinski definition) is 9. The third-order valence-electron chi connectivity index (χ3n) is 14.9. The minimum atomic E-state index is -1.48. The summed E-state index contributed by atoms with van der Waals surface area (Å²) in [6, 6.07) is 0. The van der Waals surface area contributed by atoms with Crippen LogP contribution in [0, 0.1) is 45.3 Å². The van der Waals surface area contributed by atoms with Crippen molar-refractivity contribution < 1.29 is 44.1 Å². The molecule has 0 radical (unpaired) electrons. The van der Waals surface area contributed by atoms with Gasteiger partial charge in [0.25, 0.3) is 0 Å². The summed E-state index contributed by atoms with van der Waals surface area (Å²) >= 11 is 0. The average Bonchev–Trinajstić information content (AvgIpc) is 3.40. The molecule has 1 unspecified atom stereocenters. The molecular formula is C38H62O9. The van der Waals surface area contributed by atoms with Crippen molar-refractivity contribution in [2.45, 2.75) is 148 Å². The number of aliphatic hydroxyl groups excluding tert-OH is 4. The molecule has 47 heavy (non-hydrogen) atoms. The minimum absolute atomic E-state index is 0.0875. The van der Waals surface area contributed by atoms with Gasteiger partial charge in [0.15, 0.2) is 12.6 Å². The number of allylic oxidation sites excluding steroid dienone is 2. The predicted molar refractivity (Wildman–Crippen MR) is 177 cm³/mol. The van der Waals surface area contributed by atoms with Gasteiger partial charge in [-0.3, -0.25) is 0 Å². The highest BCUT2D eigenvalue weighted by Gasteiger charge is 2.78. The van der Waals surface area contributed by atoms with Crippen LogP contribution in [-0.2, 0) is 23.7 Å². The van der Waals surface area contributed by atoms with Crippen LogP contribution >= 0.6 is 0 Å². The van der Waals surface area contributed by atoms with Crippen molar-refractivity contribution in [3.63, 3.8) is 0 Å². The van der Waals surface area contributed by atoms with Gasteiger partial charge in [0.1, 0.15) is 30.0 Å². The Hall–Kier alpha value is -0.880. The van der Waals surface area contributed by atoms with E-state index in [0.29, 0.717) is 17.8 Å². The molecule has 4 aliphatic carbocycles. The monoisotopic (exact) mass is 662 g/mol. The summed E-state index contributed by atoms with van der Waals surface area (Å²) in [5.74, 6) is 1.69. The minimum Gasteiger partial charge on any atom is -0.394 e. The maximum absolute atomic E-state index is 10.8. The topological polar surface area (TPSA) is 127 Å². The molecule has 0 aromatic rings. The number of aliphatic hydroxyl groups is 4. The summed E-state index contributed by atoms with van der Waals surface area (Å²) in [6.07, 6.45) is 7.16. The van der Waals surface area contributed by atoms with E-state index in [9.17, 15) is 20.4 Å². The second-order valence-corrected chi connectivity index (χ2v) is 17.3. The van der Waals surface area contributed by atoms with E-state index in [1.807, 2.05) is 7.11 Å². The Labute approximate surface area is 282 Å². The van der Waals surface area contributed by atoms with Crippen LogP contribution in [0.2, 0.25) is 0 Å². The van der Waals surface area contributed by atoms with Gasteiger partial charge in [0, 0.05) is 31.0 Å². The first-order valence-corrected chi connectivity index (χ1v) is 18.1. The highest BCUT2D eigenvalue weighted by atomic mass is 16.7. The van der Waals surface area contributed by atoms with Crippen LogP contribution in [0.5, 0.6) is 0 Å². The van der Waals surface area contributed by atoms with E-state index < -0.39 is 48.3 Å². The van der Waals surface area contributed by atoms with Gasteiger partial charge in [-0.15, -0.1) is 0 Å². The Morgan fingerprint density at radius 1 is 0.957 bits per heavy atom. The molecule has 9 nitrogen and oxygen atoms in total. The molecule has 2 saturated heterocycles. The fourth-order valence-electron chi connectivity index (χ4n) is 12.2. The van der Waals surface area contributed by atoms with Gasteiger partial charge in [-0.05, 0) is 87.4 Å². The van der Waals surface area contributed by atoms with Gasteiger partial charge < -0.3 is 44.1 Å². The van der Waals surface area contributed by atoms with Crippen LogP contribution in [0.25, 0.3) is 0 Å². The first-order chi connectivity index (χ1) is 22.1. The third kappa shape index (κ3) is 4.95. The maximum Gasteiger partial charge on any atom is 0.186 e. The van der Waals surface area contributed by atoms with Crippen molar-refractivity contribution >= 4 is 0 Å². The molecule has 268 valence electrons. The third-order valence-corrected chi connectivity index (χ3v) is 14.9. The number of hydrogen-bond donors (Lipinski definition) is 4. The molecule has 2 bridgehead atoms. The second-order valence-electron chi connectivity index (χ2n) is 17.3. The SMILES string of the molecule is COC(C=C(C)C)C[C@@H](C)[C@H]1CC[C@@]2(C)[C@@H]3C=C[C@@]45O[C@@H](OC)[C@]3(CC[C@]12C)[C@@H]4CC[C@H](O[C@@H]1O[C@H](CO)[C@@H](O)[C@@H](O)[C@H]1O)C5(C)C. The lowest BCUT2D eigenvalue weighted by atomic mass is 9.38. The molecule has 2 aliphatic heterocycles. The van der Waals surface area contributed by atoms with E-state index in [0.717, 1.165) is 32.1 Å². The summed E-state index contributed by atoms with van der Waals surface area (Å²) in [7, 11) is 3.62. The fraction of sp³-hybridized carbons (Fsp3) is 0.895. The molecule has 2 heterocycles. The Balaban J connectivity index is 1.30. The highest BCUT2D eigenvalue weighted by Crippen LogP contribution is 2.79. The quantitative estimate of drug-likeness (QED) is 0.259. The average molecular weight is 663 g/mol. The summed E-state index contributed by atoms with van der Waals surface area (Å²) in [6.45, 7) is 15.7. The van der Waals surface area contributed by atoms with Gasteiger partial charge in [-0.2, -0.15) is 0 Å². The Bertz CT molecular complexity index is 1210. The Kier molecular flexibility index (Phi) is 9.49. The van der Waals surface area contributed by atoms with Crippen LogP contribution in [0.4, 0.5) is 0 Å². The summed E-state index contributed by atoms with van der Waals surface area (Å²) in [4.78, 5) is 0. The molecule has 5 fully saturated rings. The molecule has 6 rings (SSSR count). The zero-order valence-corrected chi connectivity index (χ0v) is 30.1. The lowest BCUT2D eigenvalue weighted by molar-refractivity contribution is -0.331. The van der Waals surface area contributed by atoms with E-state index in [2.05, 4.69) is 66.7 Å². The van der Waals surface area contributed by atoms with Crippen molar-refractivity contribution in [3.8, 4) is 0 Å². The largest absolute Gasteiger partial charge is 0.394 e. The van der Waals surface area contributed by atoms with Gasteiger partial charge >= 0.3 is 0 Å². The summed E-state index contributed by atoms with van der Waals surface area (Å²) in [5, 5.41) is 41.3. The molecule has 1 spiro atoms. The van der Waals surface area contributed by atoms with E-state index in [1.54, 1.807) is 7.11 Å². The van der Waals surface area contributed by atoms with Crippen molar-refractivity contribution in [2.75, 3.05) is 20.8 Å². The second kappa shape index (κ2) is 12.4. The first kappa shape index (κ1) is 35.9. The van der Waals surface area contributed by atoms with Gasteiger partial charge in [0.2, 0.25) is 0 Å². The van der Waals surface area contributed by atoms with Crippen molar-refractivity contribution in [1.82, 2.24) is 0 Å². The molecule has 16 atom stereocenters. The molecule has 9 heteroatoms. The first-order valence-electron chi connectivity index (χ1n) is 18.1. The molecule has 0 aromatic heterocycles. The molecule has 0 amide bonds. The number of methoxy groups -OCH3 is 2. The van der Waals surface area contributed by atoms with Gasteiger partial charge in [0.05, 0.1) is 18.8 Å². The summed E-state index contributed by atoms with van der Waals surface area (Å²) in [5.41, 5.74) is 0.209. The standard InChI is InChI=1S/C38H62O9/c1-21(2)18-23(43-8)19-22(3)24-12-14-36(7)26-13-15-38-27(37(26,33(44-9)47-38)17-16-35(24,36)6)10-11-28(34(38,4)5)46-32-31(42)30(41)29(40)25(20-39)45-32/h13,15,18,22-33,39-42H,10-12,14,16-17,19-20H2,1-9H3/t22-,23?,24-,25-,26+,27+,28+,29-,30-,31-,32+,33-,35-,36+,37+,38-/m1/s1. The number of fused-ring (bicyclic) bond motifs is 2. The fourth-order valence-corrected chi connectivity index (χ4v) is 12.2. The van der Waals surface area contributed by atoms with Crippen molar-refractivity contribution in [2.24, 2.45) is 45.3 Å². The van der Waals surface area contributed by atoms with E-state index >= 15 is 0 Å². The van der Waals surface area contributed by atoms with Crippen LogP contribution < -0.4 is 0 Å². The van der Waals surface area contributed by atoms with Gasteiger partial charge in [-0.25, -0.2) is 0 Å². The van der Waals surface area contributed by atoms with Gasteiger partial charge in [-0.1, -0.05) is 58.4 Å². The van der Waals surface area contributed by atoms with Crippen molar-refractivity contribution in [3.05, 3.63) is 23.8 Å². The highest BCUT2D eigenvalue weighted by molar-refractivity contribution is 5.34. The van der Waals surface area contributed by atoms with E-state index in [-0.39, 0.29) is 40.7 Å². The Morgan fingerprint density at radius 2 is 1.68 bits per heavy atom. The molecule has 6 aliphatic rings. The van der Waals surface area contributed by atoms with E-state index in [4.69, 9.17) is 23.7 Å². The molecule has 4 N–H and O–H groups in total. The lowest BCUT2D eigenvalue weighted by Gasteiger charge is -2.65. The lowest BCUT2D eigenvalue weighted by Crippen LogP contribution is -2.66. The zero-order valence-electron chi connectivity index (χ0n) is 30.1. The Morgan fingerprint density at radius 3 is 2.32 bits per heavy atom. The molecular weight excluding hydrogens is 600 g/mol. The maximum atomic E-state index is 10.8. The van der Waals surface area contributed by atoms with Crippen LogP contribution in [0.1, 0.15) is 93.4 Å². The number of rotatable bonds is 9.